The summed E-state index contributed by atoms with van der Waals surface area (Å²) in [6.07, 6.45) is 15.5. The molecular weight excluding hydrogens is 256 g/mol. The molecule has 0 aliphatic heterocycles. The second kappa shape index (κ2) is 8.63. The van der Waals surface area contributed by atoms with Crippen molar-refractivity contribution in [2.75, 3.05) is 0 Å². The zero-order valence-electron chi connectivity index (χ0n) is 12.8. The average Bonchev–Trinajstić information content (AvgIpc) is 2.83. The number of unbranched alkanes of at least 4 members (excludes halogenated alkanes) is 5. The first-order valence-corrected chi connectivity index (χ1v) is 8.20. The topological polar surface area (TPSA) is 17.8 Å². The van der Waals surface area contributed by atoms with E-state index in [1.807, 2.05) is 12.5 Å². The van der Waals surface area contributed by atoms with Gasteiger partial charge in [0.2, 0.25) is 0 Å². The lowest BCUT2D eigenvalue weighted by atomic mass is 9.88. The van der Waals surface area contributed by atoms with E-state index >= 15 is 0 Å². The summed E-state index contributed by atoms with van der Waals surface area (Å²) in [4.78, 5) is 4.18. The quantitative estimate of drug-likeness (QED) is 0.496. The highest BCUT2D eigenvalue weighted by Gasteiger charge is 2.25. The van der Waals surface area contributed by atoms with Crippen molar-refractivity contribution in [3.63, 3.8) is 0 Å². The summed E-state index contributed by atoms with van der Waals surface area (Å²) in [5.41, 5.74) is 0.183. The number of nitrogens with zero attached hydrogens (tertiary/aromatic N) is 2. The van der Waals surface area contributed by atoms with Gasteiger partial charge in [0.25, 0.3) is 0 Å². The maximum absolute atomic E-state index is 5.97. The van der Waals surface area contributed by atoms with E-state index in [-0.39, 0.29) is 5.54 Å². The third-order valence-electron chi connectivity index (χ3n) is 4.06. The Morgan fingerprint density at radius 1 is 1.05 bits per heavy atom. The Hall–Kier alpha value is -0.500. The lowest BCUT2D eigenvalue weighted by Gasteiger charge is -2.31. The zero-order chi connectivity index (χ0) is 14.1. The molecule has 110 valence electrons. The van der Waals surface area contributed by atoms with E-state index in [4.69, 9.17) is 11.6 Å². The minimum atomic E-state index is 0.183. The van der Waals surface area contributed by atoms with Crippen LogP contribution in [0.3, 0.4) is 0 Å². The van der Waals surface area contributed by atoms with Gasteiger partial charge in [0.1, 0.15) is 5.15 Å². The Kier molecular flexibility index (Phi) is 7.52. The third kappa shape index (κ3) is 5.56. The Balaban J connectivity index is 2.54. The van der Waals surface area contributed by atoms with Gasteiger partial charge in [-0.05, 0) is 19.8 Å². The Morgan fingerprint density at radius 2 is 1.68 bits per heavy atom. The molecule has 0 bridgehead atoms. The van der Waals surface area contributed by atoms with Gasteiger partial charge in [-0.2, -0.15) is 0 Å². The zero-order valence-corrected chi connectivity index (χ0v) is 13.5. The van der Waals surface area contributed by atoms with Crippen molar-refractivity contribution in [1.29, 1.82) is 0 Å². The summed E-state index contributed by atoms with van der Waals surface area (Å²) in [6, 6.07) is 0. The first-order chi connectivity index (χ1) is 9.12. The molecule has 1 aromatic rings. The summed E-state index contributed by atoms with van der Waals surface area (Å²) in [6.45, 7) is 6.86. The predicted octanol–water partition coefficient (Wildman–Crippen LogP) is 5.80. The van der Waals surface area contributed by atoms with Gasteiger partial charge in [-0.15, -0.1) is 0 Å². The minimum absolute atomic E-state index is 0.183. The predicted molar refractivity (Wildman–Crippen MR) is 83.8 cm³/mol. The number of aromatic nitrogens is 2. The van der Waals surface area contributed by atoms with Crippen molar-refractivity contribution in [3.05, 3.63) is 17.7 Å². The van der Waals surface area contributed by atoms with Gasteiger partial charge < -0.3 is 4.57 Å². The molecule has 2 nitrogen and oxygen atoms in total. The molecule has 0 spiro atoms. The Morgan fingerprint density at radius 3 is 2.26 bits per heavy atom. The van der Waals surface area contributed by atoms with Gasteiger partial charge in [0, 0.05) is 11.7 Å². The van der Waals surface area contributed by atoms with Crippen molar-refractivity contribution >= 4 is 11.6 Å². The summed E-state index contributed by atoms with van der Waals surface area (Å²) in [5, 5.41) is 0.605. The summed E-state index contributed by atoms with van der Waals surface area (Å²) in [5.74, 6) is 0. The van der Waals surface area contributed by atoms with E-state index in [2.05, 4.69) is 30.3 Å². The normalized spacial score (nSPS) is 14.5. The second-order valence-corrected chi connectivity index (χ2v) is 6.26. The van der Waals surface area contributed by atoms with Gasteiger partial charge >= 0.3 is 0 Å². The smallest absolute Gasteiger partial charge is 0.147 e. The van der Waals surface area contributed by atoms with Gasteiger partial charge in [-0.1, -0.05) is 70.4 Å². The molecule has 0 saturated heterocycles. The fourth-order valence-electron chi connectivity index (χ4n) is 2.64. The van der Waals surface area contributed by atoms with Crippen LogP contribution in [0.5, 0.6) is 0 Å². The van der Waals surface area contributed by atoms with Crippen LogP contribution in [0.25, 0.3) is 0 Å². The number of imidazole rings is 1. The van der Waals surface area contributed by atoms with Crippen LogP contribution >= 0.6 is 11.6 Å². The molecule has 0 fully saturated rings. The van der Waals surface area contributed by atoms with Gasteiger partial charge in [0.15, 0.2) is 0 Å². The minimum Gasteiger partial charge on any atom is -0.330 e. The highest BCUT2D eigenvalue weighted by molar-refractivity contribution is 6.29. The molecular formula is C16H29ClN2. The van der Waals surface area contributed by atoms with E-state index in [0.29, 0.717) is 5.15 Å². The van der Waals surface area contributed by atoms with E-state index < -0.39 is 0 Å². The van der Waals surface area contributed by atoms with Crippen LogP contribution in [0, 0.1) is 0 Å². The van der Waals surface area contributed by atoms with Crippen molar-refractivity contribution in [2.45, 2.75) is 84.1 Å². The molecule has 0 radical (unpaired) electrons. The molecule has 1 heterocycles. The Labute approximate surface area is 123 Å². The van der Waals surface area contributed by atoms with Crippen LogP contribution in [0.2, 0.25) is 5.15 Å². The van der Waals surface area contributed by atoms with Gasteiger partial charge in [-0.25, -0.2) is 4.98 Å². The van der Waals surface area contributed by atoms with Crippen LogP contribution in [0.4, 0.5) is 0 Å². The van der Waals surface area contributed by atoms with E-state index in [0.717, 1.165) is 0 Å². The van der Waals surface area contributed by atoms with Crippen molar-refractivity contribution in [2.24, 2.45) is 0 Å². The molecule has 1 unspecified atom stereocenters. The molecule has 0 N–H and O–H groups in total. The van der Waals surface area contributed by atoms with Crippen molar-refractivity contribution in [1.82, 2.24) is 9.55 Å². The molecule has 3 heteroatoms. The van der Waals surface area contributed by atoms with Crippen molar-refractivity contribution < 1.29 is 0 Å². The van der Waals surface area contributed by atoms with E-state index in [9.17, 15) is 0 Å². The van der Waals surface area contributed by atoms with Crippen LogP contribution in [-0.4, -0.2) is 9.55 Å². The monoisotopic (exact) mass is 284 g/mol. The molecule has 1 atom stereocenters. The third-order valence-corrected chi connectivity index (χ3v) is 4.26. The molecule has 0 aromatic carbocycles. The van der Waals surface area contributed by atoms with Crippen LogP contribution in [-0.2, 0) is 5.54 Å². The molecule has 1 rings (SSSR count). The van der Waals surface area contributed by atoms with Crippen LogP contribution in [0.1, 0.15) is 78.6 Å². The average molecular weight is 285 g/mol. The largest absolute Gasteiger partial charge is 0.330 e. The van der Waals surface area contributed by atoms with Gasteiger partial charge in [0.05, 0.1) is 6.33 Å². The second-order valence-electron chi connectivity index (χ2n) is 5.87. The highest BCUT2D eigenvalue weighted by atomic mass is 35.5. The van der Waals surface area contributed by atoms with Crippen LogP contribution in [0.15, 0.2) is 12.5 Å². The molecule has 0 aliphatic carbocycles. The van der Waals surface area contributed by atoms with Gasteiger partial charge in [-0.3, -0.25) is 0 Å². The SMILES string of the molecule is CCCCCCCC(C)(CCCC)n1cnc(Cl)c1. The lowest BCUT2D eigenvalue weighted by molar-refractivity contribution is 0.252. The number of halogens is 1. The first-order valence-electron chi connectivity index (χ1n) is 7.82. The number of rotatable bonds is 10. The lowest BCUT2D eigenvalue weighted by Crippen LogP contribution is -2.29. The fraction of sp³-hybridized carbons (Fsp3) is 0.812. The molecule has 19 heavy (non-hydrogen) atoms. The standard InChI is InChI=1S/C16H29ClN2/c1-4-6-8-9-10-12-16(3,11-7-5-2)19-13-15(17)18-14-19/h13-14H,4-12H2,1-3H3. The fourth-order valence-corrected chi connectivity index (χ4v) is 2.79. The summed E-state index contributed by atoms with van der Waals surface area (Å²) in [7, 11) is 0. The van der Waals surface area contributed by atoms with E-state index in [1.54, 1.807) is 0 Å². The summed E-state index contributed by atoms with van der Waals surface area (Å²) < 4.78 is 2.23. The summed E-state index contributed by atoms with van der Waals surface area (Å²) >= 11 is 5.97. The van der Waals surface area contributed by atoms with E-state index in [1.165, 1.54) is 57.8 Å². The van der Waals surface area contributed by atoms with Crippen molar-refractivity contribution in [3.8, 4) is 0 Å². The molecule has 0 amide bonds. The Bertz CT molecular complexity index is 348. The maximum atomic E-state index is 5.97. The highest BCUT2D eigenvalue weighted by Crippen LogP contribution is 2.30. The number of hydrogen-bond donors (Lipinski definition) is 0. The van der Waals surface area contributed by atoms with Crippen LogP contribution < -0.4 is 0 Å². The molecule has 1 aromatic heterocycles. The molecule has 0 aliphatic rings. The number of hydrogen-bond acceptors (Lipinski definition) is 1. The first kappa shape index (κ1) is 16.6. The maximum Gasteiger partial charge on any atom is 0.147 e. The molecule has 0 saturated carbocycles.